The Bertz CT molecular complexity index is 4190. The smallest absolute Gasteiger partial charge is 0.0714 e. The molecule has 1 heterocycles. The molecule has 0 bridgehead atoms. The van der Waals surface area contributed by atoms with Crippen LogP contribution in [0.15, 0.2) is 303 Å². The highest BCUT2D eigenvalue weighted by Crippen LogP contribution is 2.57. The van der Waals surface area contributed by atoms with Crippen LogP contribution in [0.4, 0.5) is 17.1 Å². The largest absolute Gasteiger partial charge is 0.310 e. The van der Waals surface area contributed by atoms with Crippen molar-refractivity contribution in [3.63, 3.8) is 0 Å². The Morgan fingerprint density at radius 2 is 0.707 bits per heavy atom. The van der Waals surface area contributed by atoms with Gasteiger partial charge < -0.3 is 9.47 Å². The van der Waals surface area contributed by atoms with E-state index in [1.54, 1.807) is 0 Å². The lowest BCUT2D eigenvalue weighted by molar-refractivity contribution is 0.768. The van der Waals surface area contributed by atoms with Crippen LogP contribution < -0.4 is 4.90 Å². The number of para-hydroxylation sites is 1. The molecule has 12 aromatic carbocycles. The van der Waals surface area contributed by atoms with Gasteiger partial charge in [-0.15, -0.1) is 0 Å². The van der Waals surface area contributed by atoms with Crippen LogP contribution >= 0.6 is 0 Å². The maximum atomic E-state index is 2.46. The normalized spacial score (nSPS) is 12.4. The Labute approximate surface area is 438 Å². The molecule has 13 aromatic rings. The topological polar surface area (TPSA) is 8.17 Å². The Morgan fingerprint density at radius 1 is 0.253 bits per heavy atom. The van der Waals surface area contributed by atoms with Gasteiger partial charge in [0.25, 0.3) is 0 Å². The van der Waals surface area contributed by atoms with Gasteiger partial charge in [-0.2, -0.15) is 0 Å². The molecule has 1 aliphatic carbocycles. The Morgan fingerprint density at radius 3 is 1.36 bits per heavy atom. The van der Waals surface area contributed by atoms with Crippen LogP contribution in [0.2, 0.25) is 0 Å². The van der Waals surface area contributed by atoms with Crippen molar-refractivity contribution < 1.29 is 0 Å². The molecular weight excluding hydrogens is 905 g/mol. The van der Waals surface area contributed by atoms with Crippen molar-refractivity contribution in [2.24, 2.45) is 0 Å². The second kappa shape index (κ2) is 18.4. The molecule has 2 nitrogen and oxygen atoms in total. The summed E-state index contributed by atoms with van der Waals surface area (Å²) < 4.78 is 2.41. The Hall–Kier alpha value is -9.76. The van der Waals surface area contributed by atoms with Crippen molar-refractivity contribution in [1.82, 2.24) is 4.57 Å². The van der Waals surface area contributed by atoms with E-state index in [-0.39, 0.29) is 0 Å². The summed E-state index contributed by atoms with van der Waals surface area (Å²) in [5.41, 5.74) is 23.2. The average molecular weight is 955 g/mol. The third-order valence-electron chi connectivity index (χ3n) is 15.4. The number of benzene rings is 12. The molecule has 352 valence electrons. The van der Waals surface area contributed by atoms with Crippen LogP contribution in [0.1, 0.15) is 22.3 Å². The van der Waals surface area contributed by atoms with E-state index < -0.39 is 5.41 Å². The fourth-order valence-corrected chi connectivity index (χ4v) is 12.1. The third-order valence-corrected chi connectivity index (χ3v) is 15.4. The van der Waals surface area contributed by atoms with Gasteiger partial charge in [-0.25, -0.2) is 0 Å². The molecule has 0 unspecified atom stereocenters. The number of anilines is 3. The van der Waals surface area contributed by atoms with Gasteiger partial charge in [-0.3, -0.25) is 0 Å². The summed E-state index contributed by atoms with van der Waals surface area (Å²) in [4.78, 5) is 2.45. The lowest BCUT2D eigenvalue weighted by Gasteiger charge is -2.35. The van der Waals surface area contributed by atoms with Gasteiger partial charge in [-0.05, 0) is 151 Å². The molecule has 1 aliphatic rings. The highest BCUT2D eigenvalue weighted by Gasteiger charge is 2.46. The average Bonchev–Trinajstić information content (AvgIpc) is 4.03. The molecule has 0 radical (unpaired) electrons. The summed E-state index contributed by atoms with van der Waals surface area (Å²) in [5.74, 6) is 0. The number of rotatable bonds is 10. The van der Waals surface area contributed by atoms with Crippen LogP contribution in [0.5, 0.6) is 0 Å². The van der Waals surface area contributed by atoms with E-state index in [0.717, 1.165) is 33.9 Å². The van der Waals surface area contributed by atoms with Gasteiger partial charge in [0.15, 0.2) is 0 Å². The summed E-state index contributed by atoms with van der Waals surface area (Å²) in [6.45, 7) is 0. The first-order chi connectivity index (χ1) is 37.2. The molecule has 0 N–H and O–H groups in total. The maximum Gasteiger partial charge on any atom is 0.0714 e. The second-order valence-electron chi connectivity index (χ2n) is 19.6. The summed E-state index contributed by atoms with van der Waals surface area (Å²) in [5, 5.41) is 2.47. The molecule has 0 amide bonds. The molecule has 75 heavy (non-hydrogen) atoms. The van der Waals surface area contributed by atoms with E-state index in [4.69, 9.17) is 0 Å². The van der Waals surface area contributed by atoms with Gasteiger partial charge in [0.05, 0.1) is 16.4 Å². The zero-order chi connectivity index (χ0) is 49.7. The van der Waals surface area contributed by atoms with Gasteiger partial charge in [0, 0.05) is 33.5 Å². The summed E-state index contributed by atoms with van der Waals surface area (Å²) in [6, 6.07) is 111. The first-order valence-corrected chi connectivity index (χ1v) is 25.9. The van der Waals surface area contributed by atoms with E-state index in [1.807, 2.05) is 0 Å². The summed E-state index contributed by atoms with van der Waals surface area (Å²) in [6.07, 6.45) is 0. The zero-order valence-electron chi connectivity index (χ0n) is 41.3. The quantitative estimate of drug-likeness (QED) is 0.133. The second-order valence-corrected chi connectivity index (χ2v) is 19.6. The van der Waals surface area contributed by atoms with Crippen molar-refractivity contribution in [2.45, 2.75) is 5.41 Å². The zero-order valence-corrected chi connectivity index (χ0v) is 41.3. The fraction of sp³-hybridized carbons (Fsp3) is 0.0137. The molecule has 0 spiro atoms. The van der Waals surface area contributed by atoms with Crippen molar-refractivity contribution in [3.8, 4) is 61.3 Å². The molecule has 2 heteroatoms. The number of nitrogens with zero attached hydrogens (tertiary/aromatic N) is 2. The van der Waals surface area contributed by atoms with E-state index >= 15 is 0 Å². The van der Waals surface area contributed by atoms with Crippen LogP contribution in [0, 0.1) is 0 Å². The number of aromatic nitrogens is 1. The lowest BCUT2D eigenvalue weighted by atomic mass is 9.67. The van der Waals surface area contributed by atoms with E-state index in [2.05, 4.69) is 313 Å². The SMILES string of the molecule is c1ccc(-c2cccc(N(c3cccc(-c4cccc(-c5ccc6c(c5)c5ccccc5n6-c5cccc(-c6ccccc6)c5)c4)c3)c3ccc4c(c3)C(c3ccccc3)(c3ccccc3)c3ccccc3-4)c2)cc1. The van der Waals surface area contributed by atoms with Crippen LogP contribution in [-0.4, -0.2) is 4.57 Å². The van der Waals surface area contributed by atoms with Gasteiger partial charge in [0.2, 0.25) is 0 Å². The highest BCUT2D eigenvalue weighted by molar-refractivity contribution is 6.10. The molecule has 0 atom stereocenters. The monoisotopic (exact) mass is 954 g/mol. The van der Waals surface area contributed by atoms with Crippen LogP contribution in [-0.2, 0) is 5.41 Å². The first-order valence-electron chi connectivity index (χ1n) is 25.9. The number of fused-ring (bicyclic) bond motifs is 6. The molecule has 0 saturated heterocycles. The minimum atomic E-state index is -0.532. The molecule has 0 saturated carbocycles. The maximum absolute atomic E-state index is 2.46. The highest BCUT2D eigenvalue weighted by atomic mass is 15.1. The predicted octanol–water partition coefficient (Wildman–Crippen LogP) is 19.3. The standard InChI is InChI=1S/C73H50N2/c1-5-21-51(22-6-1)55-27-18-34-61(46-55)74(64-42-43-66-65-37-13-15-39-69(65)73(70(66)50-64,59-30-9-3-10-31-59)60-32-11-4-12-33-60)62-35-20-29-57(48-62)53-25-17-26-54(45-53)58-41-44-72-68(49-58)67-38-14-16-40-71(67)75(72)63-36-19-28-56(47-63)52-23-7-2-8-24-52/h1-50H. The molecule has 14 rings (SSSR count). The van der Waals surface area contributed by atoms with Crippen LogP contribution in [0.25, 0.3) is 83.1 Å². The van der Waals surface area contributed by atoms with Crippen molar-refractivity contribution >= 4 is 38.9 Å². The van der Waals surface area contributed by atoms with Crippen LogP contribution in [0.3, 0.4) is 0 Å². The van der Waals surface area contributed by atoms with E-state index in [9.17, 15) is 0 Å². The fourth-order valence-electron chi connectivity index (χ4n) is 12.1. The van der Waals surface area contributed by atoms with Gasteiger partial charge in [-0.1, -0.05) is 231 Å². The lowest BCUT2D eigenvalue weighted by Crippen LogP contribution is -2.28. The van der Waals surface area contributed by atoms with Gasteiger partial charge in [0.1, 0.15) is 0 Å². The first kappa shape index (κ1) is 44.0. The van der Waals surface area contributed by atoms with Crippen molar-refractivity contribution in [3.05, 3.63) is 326 Å². The predicted molar refractivity (Wildman–Crippen MR) is 315 cm³/mol. The van der Waals surface area contributed by atoms with Crippen molar-refractivity contribution in [2.75, 3.05) is 4.90 Å². The van der Waals surface area contributed by atoms with E-state index in [0.29, 0.717) is 0 Å². The molecule has 0 fully saturated rings. The molecule has 1 aromatic heterocycles. The Balaban J connectivity index is 0.897. The minimum absolute atomic E-state index is 0.532. The molecule has 0 aliphatic heterocycles. The number of hydrogen-bond acceptors (Lipinski definition) is 1. The van der Waals surface area contributed by atoms with Gasteiger partial charge >= 0.3 is 0 Å². The summed E-state index contributed by atoms with van der Waals surface area (Å²) >= 11 is 0. The Kier molecular flexibility index (Phi) is 10.8. The summed E-state index contributed by atoms with van der Waals surface area (Å²) in [7, 11) is 0. The van der Waals surface area contributed by atoms with Crippen molar-refractivity contribution in [1.29, 1.82) is 0 Å². The minimum Gasteiger partial charge on any atom is -0.310 e. The molecular formula is C73H50N2. The third kappa shape index (κ3) is 7.49. The number of hydrogen-bond donors (Lipinski definition) is 0. The van der Waals surface area contributed by atoms with E-state index in [1.165, 1.54) is 88.6 Å².